The van der Waals surface area contributed by atoms with Crippen LogP contribution in [-0.2, 0) is 19.1 Å². The predicted molar refractivity (Wildman–Crippen MR) is 135 cm³/mol. The minimum Gasteiger partial charge on any atom is -0.444 e. The SMILES string of the molecule is CCCCCCN(C(=O)C(CC(N)=O)NC(=O)OC(C)(C)C)C(C(=O)NC(C)C)c1ccccc1. The van der Waals surface area contributed by atoms with Crippen LogP contribution < -0.4 is 16.4 Å². The zero-order valence-corrected chi connectivity index (χ0v) is 21.9. The van der Waals surface area contributed by atoms with Crippen molar-refractivity contribution in [3.05, 3.63) is 35.9 Å². The van der Waals surface area contributed by atoms with Crippen LogP contribution in [0.25, 0.3) is 0 Å². The molecule has 0 aromatic heterocycles. The van der Waals surface area contributed by atoms with Crippen molar-refractivity contribution in [1.29, 1.82) is 0 Å². The van der Waals surface area contributed by atoms with Gasteiger partial charge in [-0.2, -0.15) is 0 Å². The lowest BCUT2D eigenvalue weighted by Crippen LogP contribution is -2.54. The summed E-state index contributed by atoms with van der Waals surface area (Å²) in [6.45, 7) is 11.1. The summed E-state index contributed by atoms with van der Waals surface area (Å²) in [6.07, 6.45) is 2.26. The molecule has 35 heavy (non-hydrogen) atoms. The Morgan fingerprint density at radius 3 is 2.14 bits per heavy atom. The normalized spacial score (nSPS) is 13.0. The van der Waals surface area contributed by atoms with E-state index in [0.717, 1.165) is 19.3 Å². The summed E-state index contributed by atoms with van der Waals surface area (Å²) in [5, 5.41) is 5.38. The predicted octanol–water partition coefficient (Wildman–Crippen LogP) is 3.43. The second-order valence-corrected chi connectivity index (χ2v) is 9.94. The van der Waals surface area contributed by atoms with Gasteiger partial charge in [0.2, 0.25) is 17.7 Å². The number of primary amides is 1. The van der Waals surface area contributed by atoms with Gasteiger partial charge in [-0.3, -0.25) is 14.4 Å². The minimum absolute atomic E-state index is 0.146. The molecule has 0 spiro atoms. The number of benzene rings is 1. The molecule has 4 amide bonds. The average molecular weight is 491 g/mol. The Morgan fingerprint density at radius 2 is 1.63 bits per heavy atom. The zero-order chi connectivity index (χ0) is 26.6. The van der Waals surface area contributed by atoms with Crippen LogP contribution in [0.1, 0.15) is 85.3 Å². The molecule has 4 N–H and O–H groups in total. The summed E-state index contributed by atoms with van der Waals surface area (Å²) in [7, 11) is 0. The number of ether oxygens (including phenoxy) is 1. The number of unbranched alkanes of at least 4 members (excludes halogenated alkanes) is 3. The minimum atomic E-state index is -1.27. The van der Waals surface area contributed by atoms with E-state index in [1.165, 1.54) is 4.90 Å². The monoisotopic (exact) mass is 490 g/mol. The third kappa shape index (κ3) is 11.2. The lowest BCUT2D eigenvalue weighted by Gasteiger charge is -2.34. The molecular weight excluding hydrogens is 448 g/mol. The number of nitrogens with one attached hydrogen (secondary N) is 2. The number of hydrogen-bond donors (Lipinski definition) is 3. The number of nitrogens with two attached hydrogens (primary N) is 1. The van der Waals surface area contributed by atoms with Gasteiger partial charge >= 0.3 is 6.09 Å². The van der Waals surface area contributed by atoms with Gasteiger partial charge in [0.15, 0.2) is 0 Å². The van der Waals surface area contributed by atoms with Crippen molar-refractivity contribution in [2.75, 3.05) is 6.54 Å². The molecule has 9 nitrogen and oxygen atoms in total. The molecule has 1 rings (SSSR count). The molecule has 0 aliphatic heterocycles. The van der Waals surface area contributed by atoms with E-state index in [1.54, 1.807) is 45.0 Å². The van der Waals surface area contributed by atoms with Crippen molar-refractivity contribution in [3.63, 3.8) is 0 Å². The van der Waals surface area contributed by atoms with E-state index in [9.17, 15) is 19.2 Å². The van der Waals surface area contributed by atoms with Gasteiger partial charge in [0, 0.05) is 12.6 Å². The topological polar surface area (TPSA) is 131 Å². The Balaban J connectivity index is 3.40. The molecule has 0 fully saturated rings. The Morgan fingerprint density at radius 1 is 1.00 bits per heavy atom. The first kappa shape index (κ1) is 29.9. The molecule has 196 valence electrons. The number of hydrogen-bond acceptors (Lipinski definition) is 5. The molecule has 1 aromatic rings. The van der Waals surface area contributed by atoms with Crippen molar-refractivity contribution in [2.45, 2.75) is 97.4 Å². The molecule has 0 aliphatic rings. The van der Waals surface area contributed by atoms with E-state index in [2.05, 4.69) is 17.6 Å². The van der Waals surface area contributed by atoms with Gasteiger partial charge < -0.3 is 26.0 Å². The van der Waals surface area contributed by atoms with Crippen LogP contribution >= 0.6 is 0 Å². The highest BCUT2D eigenvalue weighted by Gasteiger charge is 2.36. The van der Waals surface area contributed by atoms with Crippen molar-refractivity contribution in [2.24, 2.45) is 5.73 Å². The van der Waals surface area contributed by atoms with Crippen LogP contribution in [0.4, 0.5) is 4.79 Å². The molecule has 0 bridgehead atoms. The third-order valence-corrected chi connectivity index (χ3v) is 5.04. The smallest absolute Gasteiger partial charge is 0.408 e. The van der Waals surface area contributed by atoms with Gasteiger partial charge in [0.1, 0.15) is 17.7 Å². The molecule has 9 heteroatoms. The Kier molecular flexibility index (Phi) is 12.3. The zero-order valence-electron chi connectivity index (χ0n) is 21.9. The quantitative estimate of drug-likeness (QED) is 0.365. The second-order valence-electron chi connectivity index (χ2n) is 9.94. The maximum Gasteiger partial charge on any atom is 0.408 e. The van der Waals surface area contributed by atoms with Crippen molar-refractivity contribution in [1.82, 2.24) is 15.5 Å². The lowest BCUT2D eigenvalue weighted by molar-refractivity contribution is -0.143. The van der Waals surface area contributed by atoms with Gasteiger partial charge in [0.25, 0.3) is 0 Å². The Bertz CT molecular complexity index is 836. The average Bonchev–Trinajstić information content (AvgIpc) is 2.73. The first-order valence-electron chi connectivity index (χ1n) is 12.3. The molecule has 0 saturated carbocycles. The molecule has 1 aromatic carbocycles. The van der Waals surface area contributed by atoms with E-state index in [4.69, 9.17) is 10.5 Å². The molecule has 0 aliphatic carbocycles. The van der Waals surface area contributed by atoms with E-state index in [1.807, 2.05) is 19.9 Å². The van der Waals surface area contributed by atoms with Gasteiger partial charge in [-0.05, 0) is 46.6 Å². The summed E-state index contributed by atoms with van der Waals surface area (Å²) in [5.41, 5.74) is 5.24. The Hall–Kier alpha value is -3.10. The fraction of sp³-hybridized carbons (Fsp3) is 0.615. The van der Waals surface area contributed by atoms with E-state index in [-0.39, 0.29) is 18.5 Å². The Labute approximate surface area is 209 Å². The molecular formula is C26H42N4O5. The van der Waals surface area contributed by atoms with Crippen LogP contribution in [0.3, 0.4) is 0 Å². The maximum atomic E-state index is 13.8. The molecule has 0 saturated heterocycles. The van der Waals surface area contributed by atoms with Crippen LogP contribution in [0.15, 0.2) is 30.3 Å². The lowest BCUT2D eigenvalue weighted by atomic mass is 10.0. The number of rotatable bonds is 13. The van der Waals surface area contributed by atoms with Gasteiger partial charge in [-0.15, -0.1) is 0 Å². The number of nitrogens with zero attached hydrogens (tertiary/aromatic N) is 1. The third-order valence-electron chi connectivity index (χ3n) is 5.04. The summed E-state index contributed by atoms with van der Waals surface area (Å²) >= 11 is 0. The van der Waals surface area contributed by atoms with Crippen LogP contribution in [0.2, 0.25) is 0 Å². The summed E-state index contributed by atoms with van der Waals surface area (Å²) < 4.78 is 5.29. The van der Waals surface area contributed by atoms with Crippen LogP contribution in [0, 0.1) is 0 Å². The van der Waals surface area contributed by atoms with Crippen molar-refractivity contribution in [3.8, 4) is 0 Å². The highest BCUT2D eigenvalue weighted by molar-refractivity contribution is 5.94. The van der Waals surface area contributed by atoms with Gasteiger partial charge in [0.05, 0.1) is 6.42 Å². The van der Waals surface area contributed by atoms with Crippen molar-refractivity contribution < 1.29 is 23.9 Å². The standard InChI is InChI=1S/C26H42N4O5/c1-7-8-9-13-16-30(22(23(32)28-18(2)3)19-14-11-10-12-15-19)24(33)20(17-21(27)31)29-25(34)35-26(4,5)6/h10-12,14-15,18,20,22H,7-9,13,16-17H2,1-6H3,(H2,27,31)(H,28,32)(H,29,34). The van der Waals surface area contributed by atoms with Crippen molar-refractivity contribution >= 4 is 23.8 Å². The molecule has 2 unspecified atom stereocenters. The number of carbonyl (C=O) groups is 4. The highest BCUT2D eigenvalue weighted by atomic mass is 16.6. The fourth-order valence-electron chi connectivity index (χ4n) is 3.60. The fourth-order valence-corrected chi connectivity index (χ4v) is 3.60. The number of carbonyl (C=O) groups excluding carboxylic acids is 4. The molecule has 2 atom stereocenters. The van der Waals surface area contributed by atoms with Gasteiger partial charge in [-0.1, -0.05) is 56.5 Å². The van der Waals surface area contributed by atoms with Crippen LogP contribution in [-0.4, -0.2) is 52.9 Å². The van der Waals surface area contributed by atoms with Gasteiger partial charge in [-0.25, -0.2) is 4.79 Å². The summed E-state index contributed by atoms with van der Waals surface area (Å²) in [4.78, 5) is 52.9. The highest BCUT2D eigenvalue weighted by Crippen LogP contribution is 2.24. The summed E-state index contributed by atoms with van der Waals surface area (Å²) in [6, 6.07) is 6.62. The molecule has 0 radical (unpaired) electrons. The van der Waals surface area contributed by atoms with E-state index in [0.29, 0.717) is 12.0 Å². The second kappa shape index (κ2) is 14.3. The van der Waals surface area contributed by atoms with Crippen LogP contribution in [0.5, 0.6) is 0 Å². The largest absolute Gasteiger partial charge is 0.444 e. The summed E-state index contributed by atoms with van der Waals surface area (Å²) in [5.74, 6) is -1.67. The van der Waals surface area contributed by atoms with E-state index < -0.39 is 42.0 Å². The number of amides is 4. The first-order chi connectivity index (χ1) is 16.4. The molecule has 0 heterocycles. The maximum absolute atomic E-state index is 13.8. The number of alkyl carbamates (subject to hydrolysis) is 1. The first-order valence-corrected chi connectivity index (χ1v) is 12.3. The van der Waals surface area contributed by atoms with E-state index >= 15 is 0 Å².